The van der Waals surface area contributed by atoms with Crippen LogP contribution >= 0.6 is 0 Å². The Morgan fingerprint density at radius 3 is 2.55 bits per heavy atom. The number of aryl methyl sites for hydroxylation is 1. The van der Waals surface area contributed by atoms with E-state index < -0.39 is 29.4 Å². The molecule has 1 aliphatic rings. The minimum Gasteiger partial charge on any atom is -0.495 e. The van der Waals surface area contributed by atoms with E-state index in [-0.39, 0.29) is 24.5 Å². The molecule has 33 heavy (non-hydrogen) atoms. The summed E-state index contributed by atoms with van der Waals surface area (Å²) in [4.78, 5) is 18.7. The number of hydrogen-bond donors (Lipinski definition) is 0. The molecule has 0 unspecified atom stereocenters. The monoisotopic (exact) mass is 457 g/mol. The first kappa shape index (κ1) is 22.4. The van der Waals surface area contributed by atoms with Crippen molar-refractivity contribution in [3.8, 4) is 11.4 Å². The van der Waals surface area contributed by atoms with E-state index in [0.717, 1.165) is 23.5 Å². The smallest absolute Gasteiger partial charge is 0.289 e. The average molecular weight is 457 g/mol. The Morgan fingerprint density at radius 2 is 1.91 bits per heavy atom. The largest absolute Gasteiger partial charge is 0.495 e. The zero-order valence-electron chi connectivity index (χ0n) is 18.3. The number of carbonyl (C=O) groups is 1. The number of aromatic nitrogens is 2. The summed E-state index contributed by atoms with van der Waals surface area (Å²) in [5.41, 5.74) is 2.47. The van der Waals surface area contributed by atoms with Gasteiger partial charge in [0.2, 0.25) is 0 Å². The Balaban J connectivity index is 1.60. The van der Waals surface area contributed by atoms with Crippen LogP contribution in [0.25, 0.3) is 11.8 Å². The van der Waals surface area contributed by atoms with Crippen molar-refractivity contribution in [1.29, 1.82) is 0 Å². The number of carbonyl (C=O) groups excluding carboxylic acids is 1. The Morgan fingerprint density at radius 1 is 1.18 bits per heavy atom. The summed E-state index contributed by atoms with van der Waals surface area (Å²) < 4.78 is 53.6. The Labute approximate surface area is 188 Å². The lowest BCUT2D eigenvalue weighted by Gasteiger charge is -2.34. The minimum atomic E-state index is -1.54. The number of imidazole rings is 1. The van der Waals surface area contributed by atoms with Gasteiger partial charge in [-0.3, -0.25) is 4.79 Å². The summed E-state index contributed by atoms with van der Waals surface area (Å²) in [6.07, 6.45) is 5.13. The second-order valence-electron chi connectivity index (χ2n) is 7.68. The third-order valence-electron chi connectivity index (χ3n) is 5.51. The summed E-state index contributed by atoms with van der Waals surface area (Å²) in [7, 11) is 1.55. The van der Waals surface area contributed by atoms with Crippen LogP contribution in [-0.4, -0.2) is 40.6 Å². The highest BCUT2D eigenvalue weighted by Crippen LogP contribution is 2.29. The van der Waals surface area contributed by atoms with Crippen LogP contribution in [-0.2, 0) is 9.53 Å². The highest BCUT2D eigenvalue weighted by Gasteiger charge is 2.30. The topological polar surface area (TPSA) is 56.6 Å². The first-order valence-corrected chi connectivity index (χ1v) is 10.3. The van der Waals surface area contributed by atoms with Crippen molar-refractivity contribution < 1.29 is 27.4 Å². The van der Waals surface area contributed by atoms with Gasteiger partial charge in [-0.15, -0.1) is 0 Å². The van der Waals surface area contributed by atoms with E-state index in [1.165, 1.54) is 4.90 Å². The normalized spacial score (nSPS) is 16.1. The SMILES string of the molecule is COc1cc(/C=C2\OCCN([C@H](C)c3cc(F)c(F)c(F)c3)C2=O)ccc1-n1cnc(C)c1. The van der Waals surface area contributed by atoms with E-state index in [4.69, 9.17) is 9.47 Å². The fraction of sp³-hybridized carbons (Fsp3) is 0.250. The van der Waals surface area contributed by atoms with Gasteiger partial charge in [0.25, 0.3) is 5.91 Å². The fourth-order valence-corrected chi connectivity index (χ4v) is 3.73. The number of rotatable bonds is 5. The number of morpholine rings is 1. The van der Waals surface area contributed by atoms with E-state index >= 15 is 0 Å². The molecule has 4 rings (SSSR count). The van der Waals surface area contributed by atoms with E-state index in [1.807, 2.05) is 29.8 Å². The quantitative estimate of drug-likeness (QED) is 0.416. The number of ether oxygens (including phenoxy) is 2. The molecule has 1 saturated heterocycles. The summed E-state index contributed by atoms with van der Waals surface area (Å²) in [6.45, 7) is 3.94. The molecule has 2 aromatic carbocycles. The van der Waals surface area contributed by atoms with E-state index in [2.05, 4.69) is 4.98 Å². The molecule has 1 aliphatic heterocycles. The fourth-order valence-electron chi connectivity index (χ4n) is 3.73. The first-order valence-electron chi connectivity index (χ1n) is 10.3. The van der Waals surface area contributed by atoms with Gasteiger partial charge in [0, 0.05) is 6.20 Å². The van der Waals surface area contributed by atoms with Crippen molar-refractivity contribution in [2.75, 3.05) is 20.3 Å². The van der Waals surface area contributed by atoms with E-state index in [1.54, 1.807) is 32.5 Å². The van der Waals surface area contributed by atoms with E-state index in [0.29, 0.717) is 11.3 Å². The number of hydrogen-bond acceptors (Lipinski definition) is 4. The van der Waals surface area contributed by atoms with Crippen LogP contribution in [0.3, 0.4) is 0 Å². The van der Waals surface area contributed by atoms with Crippen LogP contribution in [0.2, 0.25) is 0 Å². The molecule has 3 aromatic rings. The predicted molar refractivity (Wildman–Crippen MR) is 115 cm³/mol. The lowest BCUT2D eigenvalue weighted by atomic mass is 10.0. The van der Waals surface area contributed by atoms with Crippen molar-refractivity contribution in [2.24, 2.45) is 0 Å². The van der Waals surface area contributed by atoms with Gasteiger partial charge in [0.05, 0.1) is 37.4 Å². The van der Waals surface area contributed by atoms with Crippen LogP contribution < -0.4 is 4.74 Å². The Kier molecular flexibility index (Phi) is 6.13. The van der Waals surface area contributed by atoms with Crippen molar-refractivity contribution in [1.82, 2.24) is 14.5 Å². The molecule has 6 nitrogen and oxygen atoms in total. The number of nitrogens with zero attached hydrogens (tertiary/aromatic N) is 3. The molecular weight excluding hydrogens is 435 g/mol. The summed E-state index contributed by atoms with van der Waals surface area (Å²) in [6, 6.07) is 6.53. The van der Waals surface area contributed by atoms with Crippen LogP contribution in [0, 0.1) is 24.4 Å². The molecule has 1 amide bonds. The molecule has 0 aliphatic carbocycles. The summed E-state index contributed by atoms with van der Waals surface area (Å²) in [5.74, 6) is -3.91. The van der Waals surface area contributed by atoms with Gasteiger partial charge >= 0.3 is 0 Å². The molecule has 0 N–H and O–H groups in total. The number of amides is 1. The zero-order chi connectivity index (χ0) is 23.7. The predicted octanol–water partition coefficient (Wildman–Crippen LogP) is 4.57. The lowest BCUT2D eigenvalue weighted by molar-refractivity contribution is -0.137. The Bertz CT molecular complexity index is 1220. The van der Waals surface area contributed by atoms with Gasteiger partial charge in [0.1, 0.15) is 12.4 Å². The number of benzene rings is 2. The zero-order valence-corrected chi connectivity index (χ0v) is 18.3. The molecule has 2 heterocycles. The molecule has 0 spiro atoms. The van der Waals surface area contributed by atoms with Crippen molar-refractivity contribution in [3.63, 3.8) is 0 Å². The Hall–Kier alpha value is -3.75. The number of halogens is 3. The minimum absolute atomic E-state index is 0.0874. The van der Waals surface area contributed by atoms with Gasteiger partial charge < -0.3 is 18.9 Å². The van der Waals surface area contributed by atoms with Crippen LogP contribution in [0.4, 0.5) is 13.2 Å². The molecule has 1 fully saturated rings. The van der Waals surface area contributed by atoms with Gasteiger partial charge in [-0.2, -0.15) is 0 Å². The maximum absolute atomic E-state index is 13.7. The standard InChI is InChI=1S/C24H22F3N3O3/c1-14-12-29(13-28-14)20-5-4-16(8-21(20)32-3)9-22-24(31)30(6-7-33-22)15(2)17-10-18(25)23(27)19(26)11-17/h4-5,8-13,15H,6-7H2,1-3H3/b22-9-/t15-/m1/s1. The number of methoxy groups -OCH3 is 1. The van der Waals surface area contributed by atoms with Gasteiger partial charge in [-0.1, -0.05) is 6.07 Å². The molecule has 0 saturated carbocycles. The van der Waals surface area contributed by atoms with Gasteiger partial charge in [-0.25, -0.2) is 18.2 Å². The molecule has 1 aromatic heterocycles. The molecule has 1 atom stereocenters. The molecular formula is C24H22F3N3O3. The van der Waals surface area contributed by atoms with Crippen molar-refractivity contribution in [2.45, 2.75) is 19.9 Å². The maximum atomic E-state index is 13.7. The van der Waals surface area contributed by atoms with Crippen molar-refractivity contribution in [3.05, 3.63) is 82.9 Å². The van der Waals surface area contributed by atoms with Crippen molar-refractivity contribution >= 4 is 12.0 Å². The lowest BCUT2D eigenvalue weighted by Crippen LogP contribution is -2.41. The summed E-state index contributed by atoms with van der Waals surface area (Å²) in [5, 5.41) is 0. The molecule has 0 radical (unpaired) electrons. The van der Waals surface area contributed by atoms with Crippen LogP contribution in [0.15, 0.2) is 48.6 Å². The highest BCUT2D eigenvalue weighted by atomic mass is 19.2. The first-order chi connectivity index (χ1) is 15.8. The van der Waals surface area contributed by atoms with E-state index in [9.17, 15) is 18.0 Å². The summed E-state index contributed by atoms with van der Waals surface area (Å²) >= 11 is 0. The molecule has 172 valence electrons. The van der Waals surface area contributed by atoms with Gasteiger partial charge in [0.15, 0.2) is 23.2 Å². The average Bonchev–Trinajstić information content (AvgIpc) is 3.24. The maximum Gasteiger partial charge on any atom is 0.289 e. The van der Waals surface area contributed by atoms with Crippen LogP contribution in [0.5, 0.6) is 5.75 Å². The third-order valence-corrected chi connectivity index (χ3v) is 5.51. The van der Waals surface area contributed by atoms with Crippen LogP contribution in [0.1, 0.15) is 29.8 Å². The van der Waals surface area contributed by atoms with Gasteiger partial charge in [-0.05, 0) is 55.3 Å². The second-order valence-corrected chi connectivity index (χ2v) is 7.68. The molecule has 9 heteroatoms. The highest BCUT2D eigenvalue weighted by molar-refractivity contribution is 5.96. The third kappa shape index (κ3) is 4.44. The second kappa shape index (κ2) is 9.01. The molecule has 0 bridgehead atoms.